The van der Waals surface area contributed by atoms with Gasteiger partial charge in [-0.25, -0.2) is 8.42 Å². The number of hydrogen-bond acceptors (Lipinski definition) is 2. The largest absolute Gasteiger partial charge is 1.00 e. The Morgan fingerprint density at radius 3 is 1.82 bits per heavy atom. The topological polar surface area (TPSA) is 57.9 Å². The summed E-state index contributed by atoms with van der Waals surface area (Å²) in [6.07, 6.45) is 0. The predicted octanol–water partition coefficient (Wildman–Crippen LogP) is -1.57. The van der Waals surface area contributed by atoms with Crippen molar-refractivity contribution in [3.8, 4) is 0 Å². The number of rotatable bonds is 1. The molecule has 1 aromatic carbocycles. The molecule has 0 saturated heterocycles. The second-order valence-electron chi connectivity index (χ2n) is 1.82. The van der Waals surface area contributed by atoms with Crippen molar-refractivity contribution in [1.82, 2.24) is 0 Å². The smallest absolute Gasteiger partial charge is 0.560 e. The number of nitrogens with one attached hydrogen (secondary N) is 1. The van der Waals surface area contributed by atoms with Crippen LogP contribution < -0.4 is 68.9 Å². The first-order chi connectivity index (χ1) is 4.61. The van der Waals surface area contributed by atoms with Crippen LogP contribution in [0, 0.1) is 0 Å². The Morgan fingerprint density at radius 2 is 1.55 bits per heavy atom. The van der Waals surface area contributed by atoms with Crippen LogP contribution in [0.1, 0.15) is 0 Å². The molecule has 0 fully saturated rings. The molecule has 1 N–H and O–H groups in total. The van der Waals surface area contributed by atoms with E-state index in [0.717, 1.165) is 0 Å². The Balaban J connectivity index is 0.000001000. The zero-order valence-corrected chi connectivity index (χ0v) is 13.2. The maximum atomic E-state index is 10.5. The molecule has 3 nitrogen and oxygen atoms in total. The Labute approximate surface area is 125 Å². The Bertz CT molecular complexity index is 309. The Hall–Kier alpha value is 1.18. The Morgan fingerprint density at radius 1 is 1.09 bits per heavy atom. The van der Waals surface area contributed by atoms with E-state index in [9.17, 15) is 8.42 Å². The van der Waals surface area contributed by atoms with E-state index >= 15 is 0 Å². The van der Waals surface area contributed by atoms with Crippen LogP contribution in [0.25, 0.3) is 5.14 Å². The van der Waals surface area contributed by atoms with Crippen molar-refractivity contribution in [3.63, 3.8) is 0 Å². The molecule has 0 saturated carbocycles. The van der Waals surface area contributed by atoms with E-state index in [1.807, 2.05) is 0 Å². The molecule has 1 aromatic rings. The van der Waals surface area contributed by atoms with Crippen LogP contribution in [0.4, 0.5) is 0 Å². The number of benzene rings is 1. The molecular formula is C6H6CsNO2S. The summed E-state index contributed by atoms with van der Waals surface area (Å²) in [7, 11) is -3.75. The molecule has 0 unspecified atom stereocenters. The quantitative estimate of drug-likeness (QED) is 0.627. The standard InChI is InChI=1S/C6H6NO2S.Cs/c7-10(8,9)6-4-2-1-3-5-6;/h1-5H,(H-,7,8,9);/q-1;+1. The molecule has 0 aromatic heterocycles. The van der Waals surface area contributed by atoms with Gasteiger partial charge >= 0.3 is 68.9 Å². The first-order valence-electron chi connectivity index (χ1n) is 2.65. The van der Waals surface area contributed by atoms with Crippen molar-refractivity contribution in [3.05, 3.63) is 35.5 Å². The van der Waals surface area contributed by atoms with Gasteiger partial charge in [-0.15, -0.1) is 0 Å². The minimum absolute atomic E-state index is 0. The third-order valence-electron chi connectivity index (χ3n) is 1.05. The first kappa shape index (κ1) is 12.2. The maximum Gasteiger partial charge on any atom is 1.00 e. The van der Waals surface area contributed by atoms with Crippen LogP contribution in [0.5, 0.6) is 0 Å². The fourth-order valence-corrected chi connectivity index (χ4v) is 1.12. The third-order valence-corrected chi connectivity index (χ3v) is 1.95. The third kappa shape index (κ3) is 4.09. The van der Waals surface area contributed by atoms with E-state index in [2.05, 4.69) is 0 Å². The summed E-state index contributed by atoms with van der Waals surface area (Å²) in [5.74, 6) is 0. The summed E-state index contributed by atoms with van der Waals surface area (Å²) >= 11 is 0. The second-order valence-corrected chi connectivity index (χ2v) is 3.29. The predicted molar refractivity (Wildman–Crippen MR) is 37.9 cm³/mol. The van der Waals surface area contributed by atoms with Gasteiger partial charge in [0, 0.05) is 4.90 Å². The molecule has 0 aliphatic rings. The normalized spacial score (nSPS) is 10.3. The average Bonchev–Trinajstić information content (AvgIpc) is 1.88. The van der Waals surface area contributed by atoms with Crippen molar-refractivity contribution >= 4 is 10.0 Å². The SMILES string of the molecule is [Cs+].[NH-]S(=O)(=O)c1ccccc1. The average molecular weight is 289 g/mol. The molecule has 54 valence electrons. The van der Waals surface area contributed by atoms with Crippen LogP contribution in [-0.4, -0.2) is 8.42 Å². The van der Waals surface area contributed by atoms with Gasteiger partial charge in [-0.05, 0) is 12.1 Å². The summed E-state index contributed by atoms with van der Waals surface area (Å²) in [4.78, 5) is 0.0370. The first-order valence-corrected chi connectivity index (χ1v) is 4.14. The van der Waals surface area contributed by atoms with Gasteiger partial charge < -0.3 is 5.14 Å². The van der Waals surface area contributed by atoms with Crippen LogP contribution in [-0.2, 0) is 10.0 Å². The van der Waals surface area contributed by atoms with E-state index in [4.69, 9.17) is 5.14 Å². The van der Waals surface area contributed by atoms with Gasteiger partial charge in [0.1, 0.15) is 0 Å². The van der Waals surface area contributed by atoms with Crippen molar-refractivity contribution in [2.24, 2.45) is 0 Å². The monoisotopic (exact) mass is 289 g/mol. The van der Waals surface area contributed by atoms with E-state index in [1.54, 1.807) is 18.2 Å². The van der Waals surface area contributed by atoms with E-state index in [-0.39, 0.29) is 73.8 Å². The van der Waals surface area contributed by atoms with Gasteiger partial charge in [0.25, 0.3) is 0 Å². The van der Waals surface area contributed by atoms with Crippen molar-refractivity contribution in [2.75, 3.05) is 0 Å². The molecule has 1 rings (SSSR count). The van der Waals surface area contributed by atoms with E-state index < -0.39 is 10.0 Å². The molecule has 0 atom stereocenters. The summed E-state index contributed by atoms with van der Waals surface area (Å²) in [6.45, 7) is 0. The van der Waals surface area contributed by atoms with Gasteiger partial charge in [-0.3, -0.25) is 0 Å². The number of hydrogen-bond donors (Lipinski definition) is 0. The zero-order chi connectivity index (χ0) is 7.61. The molecule has 0 spiro atoms. The molecular weight excluding hydrogens is 283 g/mol. The summed E-state index contributed by atoms with van der Waals surface area (Å²) in [6, 6.07) is 7.65. The molecule has 0 heterocycles. The second kappa shape index (κ2) is 5.03. The zero-order valence-electron chi connectivity index (χ0n) is 6.11. The summed E-state index contributed by atoms with van der Waals surface area (Å²) in [5.41, 5.74) is 0. The van der Waals surface area contributed by atoms with Gasteiger partial charge in [0.2, 0.25) is 0 Å². The van der Waals surface area contributed by atoms with E-state index in [1.165, 1.54) is 12.1 Å². The molecule has 0 aliphatic carbocycles. The van der Waals surface area contributed by atoms with Crippen LogP contribution in [0.15, 0.2) is 35.2 Å². The molecule has 0 bridgehead atoms. The molecule has 0 aliphatic heterocycles. The van der Waals surface area contributed by atoms with Crippen LogP contribution in [0.3, 0.4) is 0 Å². The minimum atomic E-state index is -3.75. The molecule has 11 heavy (non-hydrogen) atoms. The van der Waals surface area contributed by atoms with Crippen LogP contribution in [0.2, 0.25) is 0 Å². The molecule has 0 amide bonds. The van der Waals surface area contributed by atoms with Gasteiger partial charge in [0.15, 0.2) is 0 Å². The molecule has 0 radical (unpaired) electrons. The fraction of sp³-hybridized carbons (Fsp3) is 0. The molecule has 5 heteroatoms. The summed E-state index contributed by atoms with van der Waals surface area (Å²) in [5, 5.41) is 6.65. The minimum Gasteiger partial charge on any atom is -0.560 e. The van der Waals surface area contributed by atoms with Crippen LogP contribution >= 0.6 is 0 Å². The fourth-order valence-electron chi connectivity index (χ4n) is 0.600. The van der Waals surface area contributed by atoms with E-state index in [0.29, 0.717) is 0 Å². The number of sulfonamides is 1. The van der Waals surface area contributed by atoms with Crippen molar-refractivity contribution in [2.45, 2.75) is 4.90 Å². The Kier molecular flexibility index (Phi) is 5.57. The maximum absolute atomic E-state index is 10.5. The summed E-state index contributed by atoms with van der Waals surface area (Å²) < 4.78 is 21.0. The van der Waals surface area contributed by atoms with Crippen molar-refractivity contribution in [1.29, 1.82) is 0 Å². The van der Waals surface area contributed by atoms with Gasteiger partial charge in [-0.1, -0.05) is 18.2 Å². The van der Waals surface area contributed by atoms with Gasteiger partial charge in [0.05, 0.1) is 10.0 Å². The van der Waals surface area contributed by atoms with Gasteiger partial charge in [-0.2, -0.15) is 0 Å². The van der Waals surface area contributed by atoms with Crippen molar-refractivity contribution < 1.29 is 77.3 Å².